The summed E-state index contributed by atoms with van der Waals surface area (Å²) >= 11 is 0. The maximum atomic E-state index is 12.5. The molecule has 0 rings (SSSR count). The Morgan fingerprint density at radius 1 is 0.682 bits per heavy atom. The van der Waals surface area contributed by atoms with Crippen molar-refractivity contribution in [2.75, 3.05) is 54.1 Å². The van der Waals surface area contributed by atoms with E-state index in [0.717, 1.165) is 44.9 Å². The van der Waals surface area contributed by atoms with E-state index in [1.165, 1.54) is 83.5 Å². The van der Waals surface area contributed by atoms with Gasteiger partial charge >= 0.3 is 5.97 Å². The van der Waals surface area contributed by atoms with Gasteiger partial charge in [-0.1, -0.05) is 116 Å². The molecule has 0 fully saturated rings. The standard InChI is InChI=1S/C35H70NO7P/c1-6-8-10-12-14-15-16-17-18-19-20-21-22-24-26-28-35(37)43-34(32-40-30-27-25-23-13-11-9-7-2)33-42-44(38,39)41-31-29-36(3,4)5/h17-18,34H,6-16,19-33H2,1-5H3/b18-17-. The number of carbonyl (C=O) groups is 1. The van der Waals surface area contributed by atoms with Crippen LogP contribution in [0.1, 0.15) is 149 Å². The number of hydrogen-bond acceptors (Lipinski definition) is 7. The third-order valence-corrected chi connectivity index (χ3v) is 8.53. The molecule has 44 heavy (non-hydrogen) atoms. The highest BCUT2D eigenvalue weighted by molar-refractivity contribution is 7.45. The fourth-order valence-corrected chi connectivity index (χ4v) is 5.44. The SMILES string of the molecule is CCCCCCCC/C=C\CCCCCCCC(=O)OC(COCCCCCCCCC)COP(=O)([O-])OCC[N+](C)(C)C. The van der Waals surface area contributed by atoms with Gasteiger partial charge in [0.1, 0.15) is 19.3 Å². The van der Waals surface area contributed by atoms with Gasteiger partial charge < -0.3 is 27.9 Å². The Morgan fingerprint density at radius 3 is 1.73 bits per heavy atom. The first-order chi connectivity index (χ1) is 21.1. The number of ether oxygens (including phenoxy) is 2. The Morgan fingerprint density at radius 2 is 1.18 bits per heavy atom. The monoisotopic (exact) mass is 647 g/mol. The van der Waals surface area contributed by atoms with Crippen molar-refractivity contribution in [2.45, 2.75) is 155 Å². The van der Waals surface area contributed by atoms with E-state index >= 15 is 0 Å². The lowest BCUT2D eigenvalue weighted by molar-refractivity contribution is -0.870. The number of nitrogens with zero attached hydrogens (tertiary/aromatic N) is 1. The first-order valence-corrected chi connectivity index (χ1v) is 19.4. The molecule has 0 heterocycles. The van der Waals surface area contributed by atoms with Crippen molar-refractivity contribution in [3.05, 3.63) is 12.2 Å². The van der Waals surface area contributed by atoms with Crippen LogP contribution in [-0.4, -0.2) is 70.7 Å². The topological polar surface area (TPSA) is 94.1 Å². The molecule has 0 saturated carbocycles. The van der Waals surface area contributed by atoms with Crippen molar-refractivity contribution in [3.63, 3.8) is 0 Å². The van der Waals surface area contributed by atoms with Crippen LogP contribution in [0.4, 0.5) is 0 Å². The van der Waals surface area contributed by atoms with Crippen LogP contribution in [-0.2, 0) is 27.9 Å². The van der Waals surface area contributed by atoms with Gasteiger partial charge in [0.05, 0.1) is 34.4 Å². The molecule has 2 atom stereocenters. The van der Waals surface area contributed by atoms with Crippen molar-refractivity contribution in [1.29, 1.82) is 0 Å². The van der Waals surface area contributed by atoms with Crippen LogP contribution in [0.15, 0.2) is 12.2 Å². The zero-order valence-corrected chi connectivity index (χ0v) is 30.3. The minimum Gasteiger partial charge on any atom is -0.756 e. The first-order valence-electron chi connectivity index (χ1n) is 17.9. The number of phosphoric acid groups is 1. The highest BCUT2D eigenvalue weighted by Crippen LogP contribution is 2.38. The molecule has 0 aromatic rings. The second kappa shape index (κ2) is 29.6. The summed E-state index contributed by atoms with van der Waals surface area (Å²) in [6, 6.07) is 0. The highest BCUT2D eigenvalue weighted by atomic mass is 31.2. The normalized spacial score (nSPS) is 14.2. The maximum absolute atomic E-state index is 12.5. The van der Waals surface area contributed by atoms with Gasteiger partial charge in [0, 0.05) is 13.0 Å². The molecule has 0 radical (unpaired) electrons. The Labute approximate surface area is 271 Å². The van der Waals surface area contributed by atoms with E-state index in [1.54, 1.807) is 0 Å². The Hall–Kier alpha value is -0.760. The van der Waals surface area contributed by atoms with Gasteiger partial charge in [-0.15, -0.1) is 0 Å². The predicted octanol–water partition coefficient (Wildman–Crippen LogP) is 8.91. The summed E-state index contributed by atoms with van der Waals surface area (Å²) in [7, 11) is 1.35. The maximum Gasteiger partial charge on any atom is 0.306 e. The van der Waals surface area contributed by atoms with E-state index in [1.807, 2.05) is 21.1 Å². The third-order valence-electron chi connectivity index (χ3n) is 7.57. The average Bonchev–Trinajstić information content (AvgIpc) is 2.96. The first kappa shape index (κ1) is 43.2. The number of phosphoric ester groups is 1. The van der Waals surface area contributed by atoms with E-state index in [9.17, 15) is 14.3 Å². The van der Waals surface area contributed by atoms with Crippen LogP contribution in [0.3, 0.4) is 0 Å². The lowest BCUT2D eigenvalue weighted by Gasteiger charge is -2.28. The minimum atomic E-state index is -4.50. The molecule has 0 aliphatic carbocycles. The summed E-state index contributed by atoms with van der Waals surface area (Å²) in [5.74, 6) is -0.345. The molecular weight excluding hydrogens is 577 g/mol. The van der Waals surface area contributed by atoms with E-state index in [2.05, 4.69) is 26.0 Å². The number of unbranched alkanes of at least 4 members (excludes halogenated alkanes) is 17. The molecule has 0 aliphatic heterocycles. The summed E-state index contributed by atoms with van der Waals surface area (Å²) < 4.78 is 34.2. The van der Waals surface area contributed by atoms with Gasteiger partial charge in [0.2, 0.25) is 0 Å². The third kappa shape index (κ3) is 32.6. The molecule has 0 aromatic heterocycles. The number of allylic oxidation sites excluding steroid dienone is 2. The van der Waals surface area contributed by atoms with Crippen LogP contribution >= 0.6 is 7.82 Å². The molecule has 262 valence electrons. The molecule has 0 aromatic carbocycles. The summed E-state index contributed by atoms with van der Waals surface area (Å²) in [5.41, 5.74) is 0. The van der Waals surface area contributed by atoms with Crippen molar-refractivity contribution in [2.24, 2.45) is 0 Å². The largest absolute Gasteiger partial charge is 0.756 e. The van der Waals surface area contributed by atoms with Crippen LogP contribution in [0.5, 0.6) is 0 Å². The summed E-state index contributed by atoms with van der Waals surface area (Å²) in [6.07, 6.45) is 27.9. The van der Waals surface area contributed by atoms with Gasteiger partial charge in [-0.05, 0) is 38.5 Å². The Kier molecular flexibility index (Phi) is 29.1. The van der Waals surface area contributed by atoms with E-state index in [-0.39, 0.29) is 25.8 Å². The van der Waals surface area contributed by atoms with E-state index in [4.69, 9.17) is 18.5 Å². The molecular formula is C35H70NO7P. The summed E-state index contributed by atoms with van der Waals surface area (Å²) in [5, 5.41) is 0. The summed E-state index contributed by atoms with van der Waals surface area (Å²) in [4.78, 5) is 24.8. The fourth-order valence-electron chi connectivity index (χ4n) is 4.72. The molecule has 0 aliphatic rings. The average molecular weight is 648 g/mol. The molecule has 8 nitrogen and oxygen atoms in total. The molecule has 0 bridgehead atoms. The zero-order chi connectivity index (χ0) is 32.8. The highest BCUT2D eigenvalue weighted by Gasteiger charge is 2.20. The number of quaternary nitrogens is 1. The molecule has 2 unspecified atom stereocenters. The molecule has 0 saturated heterocycles. The Balaban J connectivity index is 4.27. The number of carbonyl (C=O) groups excluding carboxylic acids is 1. The zero-order valence-electron chi connectivity index (χ0n) is 29.4. The van der Waals surface area contributed by atoms with Crippen LogP contribution in [0, 0.1) is 0 Å². The van der Waals surface area contributed by atoms with Crippen molar-refractivity contribution in [1.82, 2.24) is 0 Å². The minimum absolute atomic E-state index is 0.0268. The smallest absolute Gasteiger partial charge is 0.306 e. The lowest BCUT2D eigenvalue weighted by atomic mass is 10.1. The van der Waals surface area contributed by atoms with E-state index in [0.29, 0.717) is 24.1 Å². The van der Waals surface area contributed by atoms with Gasteiger partial charge in [0.15, 0.2) is 0 Å². The molecule has 0 N–H and O–H groups in total. The fraction of sp³-hybridized carbons (Fsp3) is 0.914. The summed E-state index contributed by atoms with van der Waals surface area (Å²) in [6.45, 7) is 5.36. The quantitative estimate of drug-likeness (QED) is 0.0231. The van der Waals surface area contributed by atoms with Crippen molar-refractivity contribution in [3.8, 4) is 0 Å². The molecule has 0 amide bonds. The van der Waals surface area contributed by atoms with E-state index < -0.39 is 13.9 Å². The molecule has 9 heteroatoms. The van der Waals surface area contributed by atoms with Gasteiger partial charge in [-0.3, -0.25) is 9.36 Å². The number of hydrogen-bond donors (Lipinski definition) is 0. The van der Waals surface area contributed by atoms with Crippen LogP contribution in [0.2, 0.25) is 0 Å². The van der Waals surface area contributed by atoms with Gasteiger partial charge in [0.25, 0.3) is 7.82 Å². The lowest BCUT2D eigenvalue weighted by Crippen LogP contribution is -2.37. The Bertz CT molecular complexity index is 726. The van der Waals surface area contributed by atoms with Crippen LogP contribution < -0.4 is 4.89 Å². The molecule has 0 spiro atoms. The number of rotatable bonds is 33. The second-order valence-electron chi connectivity index (χ2n) is 13.2. The second-order valence-corrected chi connectivity index (χ2v) is 14.6. The number of likely N-dealkylation sites (N-methyl/N-ethyl adjacent to an activating group) is 1. The van der Waals surface area contributed by atoms with Gasteiger partial charge in [-0.25, -0.2) is 0 Å². The van der Waals surface area contributed by atoms with Crippen molar-refractivity contribution < 1.29 is 37.3 Å². The van der Waals surface area contributed by atoms with Gasteiger partial charge in [-0.2, -0.15) is 0 Å². The predicted molar refractivity (Wildman–Crippen MR) is 181 cm³/mol. The van der Waals surface area contributed by atoms with Crippen LogP contribution in [0.25, 0.3) is 0 Å². The number of esters is 1. The van der Waals surface area contributed by atoms with Crippen molar-refractivity contribution >= 4 is 13.8 Å².